The minimum Gasteiger partial charge on any atom is -0.345 e. The Hall–Kier alpha value is -0.610. The van der Waals surface area contributed by atoms with Crippen LogP contribution in [0.1, 0.15) is 45.2 Å². The van der Waals surface area contributed by atoms with E-state index in [1.807, 2.05) is 0 Å². The summed E-state index contributed by atoms with van der Waals surface area (Å²) in [5, 5.41) is 6.96. The van der Waals surface area contributed by atoms with Crippen LogP contribution in [0.4, 0.5) is 5.13 Å². The molecule has 0 aromatic carbocycles. The molecule has 0 saturated heterocycles. The second kappa shape index (κ2) is 5.17. The molecule has 1 N–H and O–H groups in total. The van der Waals surface area contributed by atoms with Gasteiger partial charge in [-0.2, -0.15) is 0 Å². The van der Waals surface area contributed by atoms with Crippen LogP contribution in [0.25, 0.3) is 0 Å². The van der Waals surface area contributed by atoms with Gasteiger partial charge in [0.2, 0.25) is 0 Å². The monoisotopic (exact) mass is 265 g/mol. The maximum atomic E-state index is 4.79. The largest absolute Gasteiger partial charge is 0.345 e. The van der Waals surface area contributed by atoms with Crippen molar-refractivity contribution < 1.29 is 0 Å². The average Bonchev–Trinajstić information content (AvgIpc) is 3.25. The molecule has 0 bridgehead atoms. The third-order valence-electron chi connectivity index (χ3n) is 3.71. The van der Waals surface area contributed by atoms with Crippen molar-refractivity contribution in [2.24, 2.45) is 5.92 Å². The Labute approximate surface area is 114 Å². The molecule has 4 heteroatoms. The first-order chi connectivity index (χ1) is 8.72. The van der Waals surface area contributed by atoms with Gasteiger partial charge in [0.1, 0.15) is 0 Å². The Kier molecular flexibility index (Phi) is 3.57. The Morgan fingerprint density at radius 2 is 2.17 bits per heavy atom. The molecule has 2 aliphatic carbocycles. The molecule has 0 atom stereocenters. The first-order valence-corrected chi connectivity index (χ1v) is 8.05. The number of rotatable bonds is 7. The minimum atomic E-state index is 0.556. The summed E-state index contributed by atoms with van der Waals surface area (Å²) < 4.78 is 0. The third kappa shape index (κ3) is 3.23. The lowest BCUT2D eigenvalue weighted by Crippen LogP contribution is -2.32. The number of nitrogens with zero attached hydrogens (tertiary/aromatic N) is 2. The number of anilines is 1. The summed E-state index contributed by atoms with van der Waals surface area (Å²) in [4.78, 5) is 7.27. The van der Waals surface area contributed by atoms with Crippen LogP contribution < -0.4 is 10.2 Å². The van der Waals surface area contributed by atoms with Gasteiger partial charge in [0.25, 0.3) is 0 Å². The molecule has 1 heterocycles. The van der Waals surface area contributed by atoms with Gasteiger partial charge in [0.15, 0.2) is 5.13 Å². The van der Waals surface area contributed by atoms with Gasteiger partial charge in [0.05, 0.1) is 5.69 Å². The molecule has 1 aromatic rings. The summed E-state index contributed by atoms with van der Waals surface area (Å²) in [7, 11) is 0. The molecule has 2 fully saturated rings. The highest BCUT2D eigenvalue weighted by Crippen LogP contribution is 2.33. The van der Waals surface area contributed by atoms with E-state index < -0.39 is 0 Å². The zero-order valence-corrected chi connectivity index (χ0v) is 12.2. The second-order valence-corrected chi connectivity index (χ2v) is 6.80. The normalized spacial score (nSPS) is 19.5. The second-order valence-electron chi connectivity index (χ2n) is 5.97. The molecule has 1 aromatic heterocycles. The summed E-state index contributed by atoms with van der Waals surface area (Å²) in [6.07, 6.45) is 5.50. The van der Waals surface area contributed by atoms with Gasteiger partial charge in [-0.05, 0) is 45.4 Å². The van der Waals surface area contributed by atoms with Crippen LogP contribution in [0.3, 0.4) is 0 Å². The van der Waals surface area contributed by atoms with Gasteiger partial charge < -0.3 is 10.2 Å². The van der Waals surface area contributed by atoms with Crippen LogP contribution in [-0.4, -0.2) is 23.6 Å². The lowest BCUT2D eigenvalue weighted by Gasteiger charge is -2.26. The van der Waals surface area contributed by atoms with E-state index in [0.717, 1.165) is 18.5 Å². The van der Waals surface area contributed by atoms with Gasteiger partial charge in [-0.25, -0.2) is 4.98 Å². The fourth-order valence-electron chi connectivity index (χ4n) is 2.13. The average molecular weight is 265 g/mol. The molecule has 2 saturated carbocycles. The smallest absolute Gasteiger partial charge is 0.185 e. The van der Waals surface area contributed by atoms with E-state index in [2.05, 4.69) is 29.4 Å². The van der Waals surface area contributed by atoms with E-state index in [0.29, 0.717) is 6.04 Å². The van der Waals surface area contributed by atoms with Crippen molar-refractivity contribution in [1.82, 2.24) is 10.3 Å². The summed E-state index contributed by atoms with van der Waals surface area (Å²) in [5.74, 6) is 0.921. The predicted octanol–water partition coefficient (Wildman–Crippen LogP) is 3.02. The zero-order valence-electron chi connectivity index (χ0n) is 11.4. The number of nitrogens with one attached hydrogen (secondary N) is 1. The summed E-state index contributed by atoms with van der Waals surface area (Å²) in [6.45, 7) is 6.68. The molecule has 0 aliphatic heterocycles. The number of thiazole rings is 1. The molecular weight excluding hydrogens is 242 g/mol. The zero-order chi connectivity index (χ0) is 12.5. The highest BCUT2D eigenvalue weighted by molar-refractivity contribution is 7.13. The van der Waals surface area contributed by atoms with Gasteiger partial charge >= 0.3 is 0 Å². The molecule has 100 valence electrons. The van der Waals surface area contributed by atoms with Crippen molar-refractivity contribution in [2.45, 2.75) is 58.2 Å². The molecule has 0 spiro atoms. The van der Waals surface area contributed by atoms with Gasteiger partial charge in [-0.1, -0.05) is 0 Å². The van der Waals surface area contributed by atoms with Gasteiger partial charge in [0, 0.05) is 30.6 Å². The van der Waals surface area contributed by atoms with Gasteiger partial charge in [-0.15, -0.1) is 11.3 Å². The molecular formula is C14H23N3S. The highest BCUT2D eigenvalue weighted by Gasteiger charge is 2.27. The molecule has 0 unspecified atom stereocenters. The lowest BCUT2D eigenvalue weighted by atomic mass is 10.3. The van der Waals surface area contributed by atoms with Crippen LogP contribution in [-0.2, 0) is 6.54 Å². The van der Waals surface area contributed by atoms with E-state index in [1.54, 1.807) is 11.3 Å². The number of hydrogen-bond acceptors (Lipinski definition) is 4. The maximum Gasteiger partial charge on any atom is 0.185 e. The SMILES string of the molecule is CC(C)N(CC1CC1)c1nc(CNC2CC2)cs1. The van der Waals surface area contributed by atoms with Crippen LogP contribution in [0.2, 0.25) is 0 Å². The van der Waals surface area contributed by atoms with Crippen molar-refractivity contribution in [1.29, 1.82) is 0 Å². The molecule has 3 rings (SSSR count). The van der Waals surface area contributed by atoms with Crippen LogP contribution in [0.15, 0.2) is 5.38 Å². The quantitative estimate of drug-likeness (QED) is 0.821. The maximum absolute atomic E-state index is 4.79. The molecule has 0 amide bonds. The van der Waals surface area contributed by atoms with Crippen LogP contribution in [0, 0.1) is 5.92 Å². The molecule has 2 aliphatic rings. The van der Waals surface area contributed by atoms with E-state index in [4.69, 9.17) is 4.98 Å². The van der Waals surface area contributed by atoms with Crippen molar-refractivity contribution in [3.63, 3.8) is 0 Å². The van der Waals surface area contributed by atoms with E-state index >= 15 is 0 Å². The standard InChI is InChI=1S/C14H23N3S/c1-10(2)17(8-11-3-4-11)14-16-13(9-18-14)7-15-12-5-6-12/h9-12,15H,3-8H2,1-2H3. The first kappa shape index (κ1) is 12.4. The Balaban J connectivity index is 1.60. The van der Waals surface area contributed by atoms with Crippen molar-refractivity contribution >= 4 is 16.5 Å². The Morgan fingerprint density at radius 1 is 1.39 bits per heavy atom. The van der Waals surface area contributed by atoms with Crippen LogP contribution in [0.5, 0.6) is 0 Å². The first-order valence-electron chi connectivity index (χ1n) is 7.17. The third-order valence-corrected chi connectivity index (χ3v) is 4.64. The topological polar surface area (TPSA) is 28.2 Å². The van der Waals surface area contributed by atoms with E-state index in [9.17, 15) is 0 Å². The lowest BCUT2D eigenvalue weighted by molar-refractivity contribution is 0.637. The number of hydrogen-bond donors (Lipinski definition) is 1. The van der Waals surface area contributed by atoms with Crippen molar-refractivity contribution in [3.8, 4) is 0 Å². The summed E-state index contributed by atoms with van der Waals surface area (Å²) in [5.41, 5.74) is 1.21. The van der Waals surface area contributed by atoms with Gasteiger partial charge in [-0.3, -0.25) is 0 Å². The number of aromatic nitrogens is 1. The Bertz CT molecular complexity index is 393. The highest BCUT2D eigenvalue weighted by atomic mass is 32.1. The molecule has 0 radical (unpaired) electrons. The van der Waals surface area contributed by atoms with Crippen LogP contribution >= 0.6 is 11.3 Å². The fourth-order valence-corrected chi connectivity index (χ4v) is 3.10. The summed E-state index contributed by atoms with van der Waals surface area (Å²) >= 11 is 1.80. The fraction of sp³-hybridized carbons (Fsp3) is 0.786. The molecule has 3 nitrogen and oxygen atoms in total. The molecule has 18 heavy (non-hydrogen) atoms. The van der Waals surface area contributed by atoms with E-state index in [-0.39, 0.29) is 0 Å². The predicted molar refractivity (Wildman–Crippen MR) is 77.2 cm³/mol. The Morgan fingerprint density at radius 3 is 2.78 bits per heavy atom. The summed E-state index contributed by atoms with van der Waals surface area (Å²) in [6, 6.07) is 1.32. The minimum absolute atomic E-state index is 0.556. The van der Waals surface area contributed by atoms with E-state index in [1.165, 1.54) is 43.1 Å². The van der Waals surface area contributed by atoms with Crippen molar-refractivity contribution in [2.75, 3.05) is 11.4 Å². The van der Waals surface area contributed by atoms with Crippen molar-refractivity contribution in [3.05, 3.63) is 11.1 Å².